The maximum Gasteiger partial charge on any atom is 0.326 e. The molecule has 0 aromatic heterocycles. The molecule has 20 heavy (non-hydrogen) atoms. The van der Waals surface area contributed by atoms with Crippen LogP contribution in [0.2, 0.25) is 0 Å². The number of carbonyl (C=O) groups excluding carboxylic acids is 1. The van der Waals surface area contributed by atoms with Crippen LogP contribution >= 0.6 is 0 Å². The van der Waals surface area contributed by atoms with E-state index in [2.05, 4.69) is 0 Å². The van der Waals surface area contributed by atoms with E-state index in [1.54, 1.807) is 7.05 Å². The molecule has 1 saturated carbocycles. The minimum atomic E-state index is -1.10. The van der Waals surface area contributed by atoms with E-state index < -0.39 is 30.3 Å². The third-order valence-electron chi connectivity index (χ3n) is 4.30. The maximum atomic E-state index is 12.4. The Balaban J connectivity index is 2.07. The van der Waals surface area contributed by atoms with Crippen molar-refractivity contribution in [2.45, 2.75) is 56.4 Å². The van der Waals surface area contributed by atoms with Crippen molar-refractivity contribution in [3.8, 4) is 0 Å². The topological polar surface area (TPSA) is 101 Å². The van der Waals surface area contributed by atoms with Crippen LogP contribution < -0.4 is 0 Å². The first-order valence-electron chi connectivity index (χ1n) is 7.04. The summed E-state index contributed by atoms with van der Waals surface area (Å²) in [6.07, 6.45) is 1.97. The van der Waals surface area contributed by atoms with E-state index in [1.165, 1.54) is 9.80 Å². The summed E-state index contributed by atoms with van der Waals surface area (Å²) >= 11 is 0. The van der Waals surface area contributed by atoms with Gasteiger partial charge in [-0.2, -0.15) is 0 Å². The number of likely N-dealkylation sites (tertiary alicyclic amines) is 1. The van der Waals surface area contributed by atoms with Gasteiger partial charge in [0, 0.05) is 20.0 Å². The van der Waals surface area contributed by atoms with Gasteiger partial charge in [-0.3, -0.25) is 0 Å². The number of rotatable bonds is 2. The number of amides is 2. The van der Waals surface area contributed by atoms with E-state index in [0.29, 0.717) is 6.42 Å². The molecule has 2 amide bonds. The van der Waals surface area contributed by atoms with Crippen molar-refractivity contribution >= 4 is 12.0 Å². The number of carboxylic acids is 1. The van der Waals surface area contributed by atoms with E-state index in [9.17, 15) is 19.8 Å². The Labute approximate surface area is 117 Å². The summed E-state index contributed by atoms with van der Waals surface area (Å²) in [4.78, 5) is 26.2. The molecule has 4 atom stereocenters. The van der Waals surface area contributed by atoms with Crippen molar-refractivity contribution in [1.29, 1.82) is 0 Å². The van der Waals surface area contributed by atoms with Gasteiger partial charge in [-0.1, -0.05) is 12.8 Å². The lowest BCUT2D eigenvalue weighted by molar-refractivity contribution is -0.141. The van der Waals surface area contributed by atoms with Gasteiger partial charge in [-0.05, 0) is 12.8 Å². The highest BCUT2D eigenvalue weighted by molar-refractivity contribution is 5.83. The quantitative estimate of drug-likeness (QED) is 0.656. The average molecular weight is 286 g/mol. The van der Waals surface area contributed by atoms with Crippen molar-refractivity contribution in [3.05, 3.63) is 0 Å². The predicted molar refractivity (Wildman–Crippen MR) is 70.2 cm³/mol. The Morgan fingerprint density at radius 2 is 1.85 bits per heavy atom. The predicted octanol–water partition coefficient (Wildman–Crippen LogP) is -0.139. The van der Waals surface area contributed by atoms with Crippen LogP contribution in [0.15, 0.2) is 0 Å². The summed E-state index contributed by atoms with van der Waals surface area (Å²) in [6.45, 7) is 0.0307. The molecule has 0 aromatic rings. The first-order valence-corrected chi connectivity index (χ1v) is 7.04. The fourth-order valence-corrected chi connectivity index (χ4v) is 3.15. The summed E-state index contributed by atoms with van der Waals surface area (Å²) in [5.74, 6) is -1.10. The highest BCUT2D eigenvalue weighted by Crippen LogP contribution is 2.25. The second-order valence-corrected chi connectivity index (χ2v) is 5.71. The van der Waals surface area contributed by atoms with Crippen molar-refractivity contribution in [1.82, 2.24) is 9.80 Å². The van der Waals surface area contributed by atoms with Gasteiger partial charge in [0.2, 0.25) is 0 Å². The zero-order valence-electron chi connectivity index (χ0n) is 11.6. The molecule has 2 fully saturated rings. The smallest absolute Gasteiger partial charge is 0.326 e. The van der Waals surface area contributed by atoms with Crippen molar-refractivity contribution in [2.24, 2.45) is 0 Å². The van der Waals surface area contributed by atoms with E-state index in [-0.39, 0.29) is 19.0 Å². The molecule has 0 spiro atoms. The van der Waals surface area contributed by atoms with Crippen LogP contribution in [-0.4, -0.2) is 75.0 Å². The SMILES string of the molecule is CN(C(=O)N1CC(O)C[C@H]1C(=O)O)C1CCCCC1O. The first-order chi connectivity index (χ1) is 9.41. The van der Waals surface area contributed by atoms with Crippen LogP contribution in [0.1, 0.15) is 32.1 Å². The number of urea groups is 1. The molecule has 1 aliphatic heterocycles. The lowest BCUT2D eigenvalue weighted by Crippen LogP contribution is -2.53. The Hall–Kier alpha value is -1.34. The fourth-order valence-electron chi connectivity index (χ4n) is 3.15. The van der Waals surface area contributed by atoms with Gasteiger partial charge in [-0.25, -0.2) is 9.59 Å². The van der Waals surface area contributed by atoms with E-state index in [4.69, 9.17) is 5.11 Å². The molecular weight excluding hydrogens is 264 g/mol. The number of aliphatic carboxylic acids is 1. The molecule has 7 nitrogen and oxygen atoms in total. The Morgan fingerprint density at radius 3 is 2.45 bits per heavy atom. The zero-order chi connectivity index (χ0) is 14.9. The number of hydrogen-bond acceptors (Lipinski definition) is 4. The summed E-state index contributed by atoms with van der Waals surface area (Å²) < 4.78 is 0. The van der Waals surface area contributed by atoms with Gasteiger partial charge < -0.3 is 25.1 Å². The van der Waals surface area contributed by atoms with Crippen molar-refractivity contribution in [3.63, 3.8) is 0 Å². The van der Waals surface area contributed by atoms with E-state index in [1.807, 2.05) is 0 Å². The van der Waals surface area contributed by atoms with Crippen LogP contribution in [0.3, 0.4) is 0 Å². The Kier molecular flexibility index (Phi) is 4.49. The summed E-state index contributed by atoms with van der Waals surface area (Å²) in [5.41, 5.74) is 0. The second-order valence-electron chi connectivity index (χ2n) is 5.71. The molecule has 7 heteroatoms. The number of carboxylic acid groups (broad SMARTS) is 1. The largest absolute Gasteiger partial charge is 0.480 e. The molecule has 3 N–H and O–H groups in total. The molecule has 0 radical (unpaired) electrons. The minimum Gasteiger partial charge on any atom is -0.480 e. The number of β-amino-alcohol motifs (C(OH)–C–C–N with tert-alkyl or cyclic N) is 1. The number of aliphatic hydroxyl groups is 2. The third-order valence-corrected chi connectivity index (χ3v) is 4.30. The molecule has 0 bridgehead atoms. The standard InChI is InChI=1S/C13H22N2O5/c1-14(9-4-2-3-5-11(9)17)13(20)15-7-8(16)6-10(15)12(18)19/h8-11,16-17H,2-7H2,1H3,(H,18,19)/t8?,9?,10-,11?/m0/s1. The molecule has 1 saturated heterocycles. The summed E-state index contributed by atoms with van der Waals surface area (Å²) in [6, 6.07) is -1.69. The lowest BCUT2D eigenvalue weighted by Gasteiger charge is -2.37. The van der Waals surface area contributed by atoms with E-state index in [0.717, 1.165) is 19.3 Å². The van der Waals surface area contributed by atoms with Crippen LogP contribution in [0, 0.1) is 0 Å². The Bertz CT molecular complexity index is 389. The molecule has 2 rings (SSSR count). The summed E-state index contributed by atoms with van der Waals surface area (Å²) in [5, 5.41) is 28.7. The van der Waals surface area contributed by atoms with Crippen molar-refractivity contribution in [2.75, 3.05) is 13.6 Å². The third kappa shape index (κ3) is 2.88. The molecule has 114 valence electrons. The van der Waals surface area contributed by atoms with Gasteiger partial charge in [-0.15, -0.1) is 0 Å². The lowest BCUT2D eigenvalue weighted by atomic mass is 9.92. The van der Waals surface area contributed by atoms with Gasteiger partial charge >= 0.3 is 12.0 Å². The average Bonchev–Trinajstić information content (AvgIpc) is 2.80. The summed E-state index contributed by atoms with van der Waals surface area (Å²) in [7, 11) is 1.59. The van der Waals surface area contributed by atoms with Gasteiger partial charge in [0.1, 0.15) is 6.04 Å². The number of hydrogen-bond donors (Lipinski definition) is 3. The normalized spacial score (nSPS) is 34.0. The first kappa shape index (κ1) is 15.1. The highest BCUT2D eigenvalue weighted by atomic mass is 16.4. The fraction of sp³-hybridized carbons (Fsp3) is 0.846. The number of likely N-dealkylation sites (N-methyl/N-ethyl adjacent to an activating group) is 1. The maximum absolute atomic E-state index is 12.4. The number of aliphatic hydroxyl groups excluding tert-OH is 2. The molecular formula is C13H22N2O5. The monoisotopic (exact) mass is 286 g/mol. The Morgan fingerprint density at radius 1 is 1.20 bits per heavy atom. The van der Waals surface area contributed by atoms with Crippen LogP contribution in [0.5, 0.6) is 0 Å². The molecule has 2 aliphatic rings. The molecule has 1 heterocycles. The number of nitrogens with zero attached hydrogens (tertiary/aromatic N) is 2. The van der Waals surface area contributed by atoms with Crippen LogP contribution in [-0.2, 0) is 4.79 Å². The van der Waals surface area contributed by atoms with Gasteiger partial charge in [0.15, 0.2) is 0 Å². The van der Waals surface area contributed by atoms with Crippen LogP contribution in [0.25, 0.3) is 0 Å². The van der Waals surface area contributed by atoms with Gasteiger partial charge in [0.05, 0.1) is 18.2 Å². The van der Waals surface area contributed by atoms with Gasteiger partial charge in [0.25, 0.3) is 0 Å². The van der Waals surface area contributed by atoms with E-state index >= 15 is 0 Å². The second kappa shape index (κ2) is 5.97. The van der Waals surface area contributed by atoms with Crippen molar-refractivity contribution < 1.29 is 24.9 Å². The molecule has 0 aromatic carbocycles. The number of carbonyl (C=O) groups is 2. The molecule has 3 unspecified atom stereocenters. The molecule has 1 aliphatic carbocycles. The van der Waals surface area contributed by atoms with Crippen LogP contribution in [0.4, 0.5) is 4.79 Å². The zero-order valence-corrected chi connectivity index (χ0v) is 11.6. The minimum absolute atomic E-state index is 0.0307. The highest BCUT2D eigenvalue weighted by Gasteiger charge is 2.42.